The molecule has 0 amide bonds. The smallest absolute Gasteiger partial charge is 0.142 e. The molecule has 0 unspecified atom stereocenters. The minimum absolute atomic E-state index is 0.0948. The second-order valence-corrected chi connectivity index (χ2v) is 4.89. The van der Waals surface area contributed by atoms with Gasteiger partial charge in [0.25, 0.3) is 0 Å². The van der Waals surface area contributed by atoms with Crippen molar-refractivity contribution < 1.29 is 4.39 Å². The van der Waals surface area contributed by atoms with E-state index in [0.29, 0.717) is 17.1 Å². The van der Waals surface area contributed by atoms with Crippen LogP contribution in [0.5, 0.6) is 0 Å². The van der Waals surface area contributed by atoms with Gasteiger partial charge in [-0.05, 0) is 32.9 Å². The third kappa shape index (κ3) is 2.08. The largest absolute Gasteiger partial charge is 0.383 e. The summed E-state index contributed by atoms with van der Waals surface area (Å²) in [5.74, 6) is 0.891. The van der Waals surface area contributed by atoms with Gasteiger partial charge in [-0.2, -0.15) is 0 Å². The molecule has 0 aliphatic carbocycles. The number of aryl methyl sites for hydroxylation is 1. The van der Waals surface area contributed by atoms with Crippen molar-refractivity contribution in [3.8, 4) is 11.3 Å². The Morgan fingerprint density at radius 3 is 2.56 bits per heavy atom. The van der Waals surface area contributed by atoms with Crippen molar-refractivity contribution in [2.24, 2.45) is 0 Å². The van der Waals surface area contributed by atoms with Crippen LogP contribution in [0.15, 0.2) is 18.2 Å². The molecule has 0 fully saturated rings. The van der Waals surface area contributed by atoms with Crippen molar-refractivity contribution in [2.75, 3.05) is 5.73 Å². The molecule has 5 heteroatoms. The zero-order chi connectivity index (χ0) is 13.4. The quantitative estimate of drug-likeness (QED) is 0.899. The monoisotopic (exact) mass is 267 g/mol. The molecular formula is C13H15ClFN3. The summed E-state index contributed by atoms with van der Waals surface area (Å²) in [7, 11) is 0. The molecule has 2 aromatic rings. The van der Waals surface area contributed by atoms with E-state index in [1.54, 1.807) is 6.07 Å². The maximum absolute atomic E-state index is 13.5. The van der Waals surface area contributed by atoms with Crippen LogP contribution in [0, 0.1) is 12.7 Å². The van der Waals surface area contributed by atoms with E-state index in [9.17, 15) is 4.39 Å². The fraction of sp³-hybridized carbons (Fsp3) is 0.308. The van der Waals surface area contributed by atoms with Gasteiger partial charge in [-0.3, -0.25) is 0 Å². The van der Waals surface area contributed by atoms with Gasteiger partial charge in [0, 0.05) is 11.6 Å². The highest BCUT2D eigenvalue weighted by molar-refractivity contribution is 6.30. The van der Waals surface area contributed by atoms with E-state index >= 15 is 0 Å². The fourth-order valence-corrected chi connectivity index (χ4v) is 2.19. The standard InChI is InChI=1S/C13H15ClFN3/c1-7(2)18-8(3)17-12(13(18)16)9-4-5-10(14)11(15)6-9/h4-7H,16H2,1-3H3. The van der Waals surface area contributed by atoms with Crippen molar-refractivity contribution in [2.45, 2.75) is 26.8 Å². The Balaban J connectivity index is 2.58. The predicted molar refractivity (Wildman–Crippen MR) is 72.2 cm³/mol. The number of anilines is 1. The normalized spacial score (nSPS) is 11.2. The first-order valence-electron chi connectivity index (χ1n) is 5.71. The molecule has 1 aromatic heterocycles. The highest BCUT2D eigenvalue weighted by atomic mass is 35.5. The van der Waals surface area contributed by atoms with Gasteiger partial charge in [-0.15, -0.1) is 0 Å². The Morgan fingerprint density at radius 1 is 1.39 bits per heavy atom. The molecule has 0 bridgehead atoms. The minimum atomic E-state index is -0.467. The number of hydrogen-bond acceptors (Lipinski definition) is 2. The van der Waals surface area contributed by atoms with E-state index in [2.05, 4.69) is 4.98 Å². The van der Waals surface area contributed by atoms with Crippen LogP contribution in [0.2, 0.25) is 5.02 Å². The second-order valence-electron chi connectivity index (χ2n) is 4.49. The van der Waals surface area contributed by atoms with Gasteiger partial charge in [0.05, 0.1) is 5.02 Å². The number of rotatable bonds is 2. The molecule has 1 heterocycles. The maximum atomic E-state index is 13.5. The van der Waals surface area contributed by atoms with Gasteiger partial charge in [-0.25, -0.2) is 9.37 Å². The molecule has 2 N–H and O–H groups in total. The third-order valence-corrected chi connectivity index (χ3v) is 3.14. The topological polar surface area (TPSA) is 43.8 Å². The highest BCUT2D eigenvalue weighted by Gasteiger charge is 2.16. The molecule has 0 saturated heterocycles. The van der Waals surface area contributed by atoms with E-state index in [-0.39, 0.29) is 11.1 Å². The summed E-state index contributed by atoms with van der Waals surface area (Å²) in [5.41, 5.74) is 7.30. The van der Waals surface area contributed by atoms with Gasteiger partial charge in [0.15, 0.2) is 0 Å². The number of nitrogens with two attached hydrogens (primary N) is 1. The maximum Gasteiger partial charge on any atom is 0.142 e. The summed E-state index contributed by atoms with van der Waals surface area (Å²) in [5, 5.41) is 0.0948. The summed E-state index contributed by atoms with van der Waals surface area (Å²) < 4.78 is 15.4. The van der Waals surface area contributed by atoms with Crippen LogP contribution in [0.25, 0.3) is 11.3 Å². The van der Waals surface area contributed by atoms with Gasteiger partial charge in [0.2, 0.25) is 0 Å². The molecule has 1 aromatic carbocycles. The van der Waals surface area contributed by atoms with Crippen LogP contribution in [0.3, 0.4) is 0 Å². The van der Waals surface area contributed by atoms with Crippen molar-refractivity contribution in [3.05, 3.63) is 34.9 Å². The van der Waals surface area contributed by atoms with Gasteiger partial charge in [0.1, 0.15) is 23.2 Å². The number of benzene rings is 1. The molecular weight excluding hydrogens is 253 g/mol. The second kappa shape index (κ2) is 4.61. The molecule has 96 valence electrons. The van der Waals surface area contributed by atoms with Crippen molar-refractivity contribution in [1.29, 1.82) is 0 Å². The van der Waals surface area contributed by atoms with E-state index in [4.69, 9.17) is 17.3 Å². The molecule has 3 nitrogen and oxygen atoms in total. The number of nitrogens with zero attached hydrogens (tertiary/aromatic N) is 2. The lowest BCUT2D eigenvalue weighted by Crippen LogP contribution is -2.07. The number of hydrogen-bond donors (Lipinski definition) is 1. The molecule has 0 radical (unpaired) electrons. The Morgan fingerprint density at radius 2 is 2.06 bits per heavy atom. The zero-order valence-electron chi connectivity index (χ0n) is 10.5. The number of imidazole rings is 1. The van der Waals surface area contributed by atoms with E-state index in [1.165, 1.54) is 12.1 Å². The molecule has 0 aliphatic rings. The number of aromatic nitrogens is 2. The van der Waals surface area contributed by atoms with Gasteiger partial charge < -0.3 is 10.3 Å². The minimum Gasteiger partial charge on any atom is -0.383 e. The van der Waals surface area contributed by atoms with Crippen molar-refractivity contribution >= 4 is 17.4 Å². The summed E-state index contributed by atoms with van der Waals surface area (Å²) >= 11 is 5.66. The van der Waals surface area contributed by atoms with Gasteiger partial charge >= 0.3 is 0 Å². The van der Waals surface area contributed by atoms with Crippen molar-refractivity contribution in [3.63, 3.8) is 0 Å². The summed E-state index contributed by atoms with van der Waals surface area (Å²) in [6.07, 6.45) is 0. The van der Waals surface area contributed by atoms with Crippen LogP contribution < -0.4 is 5.73 Å². The third-order valence-electron chi connectivity index (χ3n) is 2.83. The predicted octanol–water partition coefficient (Wildman–Crippen LogP) is 3.81. The average molecular weight is 268 g/mol. The first kappa shape index (κ1) is 12.9. The SMILES string of the molecule is Cc1nc(-c2ccc(Cl)c(F)c2)c(N)n1C(C)C. The Hall–Kier alpha value is -1.55. The van der Waals surface area contributed by atoms with E-state index in [0.717, 1.165) is 5.82 Å². The lowest BCUT2D eigenvalue weighted by atomic mass is 10.1. The highest BCUT2D eigenvalue weighted by Crippen LogP contribution is 2.30. The fourth-order valence-electron chi connectivity index (χ4n) is 2.07. The lowest BCUT2D eigenvalue weighted by molar-refractivity contribution is 0.590. The molecule has 0 aliphatic heterocycles. The summed E-state index contributed by atoms with van der Waals surface area (Å²) in [4.78, 5) is 4.40. The number of nitrogen functional groups attached to an aromatic ring is 1. The Bertz CT molecular complexity index is 590. The van der Waals surface area contributed by atoms with Crippen LogP contribution >= 0.6 is 11.6 Å². The first-order chi connectivity index (χ1) is 8.41. The summed E-state index contributed by atoms with van der Waals surface area (Å²) in [6.45, 7) is 5.93. The number of halogens is 2. The zero-order valence-corrected chi connectivity index (χ0v) is 11.3. The molecule has 0 spiro atoms. The van der Waals surface area contributed by atoms with Crippen LogP contribution in [-0.2, 0) is 0 Å². The van der Waals surface area contributed by atoms with Crippen LogP contribution in [0.4, 0.5) is 10.2 Å². The summed E-state index contributed by atoms with van der Waals surface area (Å²) in [6, 6.07) is 4.79. The van der Waals surface area contributed by atoms with E-state index in [1.807, 2.05) is 25.3 Å². The molecule has 0 saturated carbocycles. The lowest BCUT2D eigenvalue weighted by Gasteiger charge is -2.11. The molecule has 0 atom stereocenters. The van der Waals surface area contributed by atoms with Crippen LogP contribution in [0.1, 0.15) is 25.7 Å². The molecule has 18 heavy (non-hydrogen) atoms. The Labute approximate surface area is 110 Å². The first-order valence-corrected chi connectivity index (χ1v) is 6.09. The van der Waals surface area contributed by atoms with Crippen molar-refractivity contribution in [1.82, 2.24) is 9.55 Å². The van der Waals surface area contributed by atoms with E-state index < -0.39 is 5.82 Å². The molecule has 2 rings (SSSR count). The Kier molecular flexibility index (Phi) is 3.30. The van der Waals surface area contributed by atoms with Gasteiger partial charge in [-0.1, -0.05) is 17.7 Å². The van der Waals surface area contributed by atoms with Crippen LogP contribution in [-0.4, -0.2) is 9.55 Å². The average Bonchev–Trinajstić information content (AvgIpc) is 2.58.